The van der Waals surface area contributed by atoms with E-state index < -0.39 is 52.2 Å². The SMILES string of the molecule is CC(=O)C(O)[C@H]1O[C@@H](Sc2ccccc2)[C@@H](N=[N+]=[N-])[C@](O)(C(C)=O)[C@]1(O)C(C)=O. The predicted octanol–water partition coefficient (Wildman–Crippen LogP) is 0.773. The Morgan fingerprint density at radius 2 is 1.69 bits per heavy atom. The fourth-order valence-corrected chi connectivity index (χ4v) is 4.48. The Bertz CT molecular complexity index is 860. The molecule has 1 saturated heterocycles. The van der Waals surface area contributed by atoms with Crippen molar-refractivity contribution in [3.63, 3.8) is 0 Å². The fraction of sp³-hybridized carbons (Fsp3) is 0.500. The second-order valence-corrected chi connectivity index (χ2v) is 7.88. The van der Waals surface area contributed by atoms with E-state index in [4.69, 9.17) is 10.3 Å². The number of thioether (sulfide) groups is 1. The highest BCUT2D eigenvalue weighted by atomic mass is 32.2. The molecule has 0 aliphatic carbocycles. The molecule has 0 spiro atoms. The molecule has 1 fully saturated rings. The topological polar surface area (TPSA) is 170 Å². The van der Waals surface area contributed by atoms with Crippen LogP contribution in [0, 0.1) is 0 Å². The summed E-state index contributed by atoms with van der Waals surface area (Å²) in [6.45, 7) is 2.77. The van der Waals surface area contributed by atoms with Crippen molar-refractivity contribution < 1.29 is 34.4 Å². The first-order chi connectivity index (χ1) is 13.5. The third-order valence-corrected chi connectivity index (χ3v) is 6.05. The summed E-state index contributed by atoms with van der Waals surface area (Å²) in [6, 6.07) is 6.78. The van der Waals surface area contributed by atoms with Crippen LogP contribution < -0.4 is 0 Å². The Labute approximate surface area is 170 Å². The number of carbonyl (C=O) groups is 3. The summed E-state index contributed by atoms with van der Waals surface area (Å²) in [7, 11) is 0. The number of hydrogen-bond acceptors (Lipinski definition) is 9. The van der Waals surface area contributed by atoms with Crippen molar-refractivity contribution in [3.05, 3.63) is 40.8 Å². The molecule has 11 heteroatoms. The van der Waals surface area contributed by atoms with Crippen LogP contribution in [0.15, 0.2) is 40.3 Å². The van der Waals surface area contributed by atoms with Crippen molar-refractivity contribution in [1.82, 2.24) is 0 Å². The van der Waals surface area contributed by atoms with Crippen LogP contribution >= 0.6 is 11.8 Å². The molecule has 0 radical (unpaired) electrons. The lowest BCUT2D eigenvalue weighted by molar-refractivity contribution is -0.262. The number of azide groups is 1. The lowest BCUT2D eigenvalue weighted by Crippen LogP contribution is -2.80. The third kappa shape index (κ3) is 3.80. The molecule has 10 nitrogen and oxygen atoms in total. The second-order valence-electron chi connectivity index (χ2n) is 6.71. The zero-order valence-electron chi connectivity index (χ0n) is 15.9. The number of ether oxygens (including phenoxy) is 1. The number of hydrogen-bond donors (Lipinski definition) is 3. The summed E-state index contributed by atoms with van der Waals surface area (Å²) < 4.78 is 5.65. The minimum Gasteiger partial charge on any atom is -0.382 e. The van der Waals surface area contributed by atoms with Gasteiger partial charge >= 0.3 is 0 Å². The summed E-state index contributed by atoms with van der Waals surface area (Å²) in [5.74, 6) is -3.08. The molecule has 3 N–H and O–H groups in total. The summed E-state index contributed by atoms with van der Waals surface area (Å²) in [5.41, 5.74) is 1.71. The Morgan fingerprint density at radius 3 is 2.14 bits per heavy atom. The molecule has 1 aromatic carbocycles. The van der Waals surface area contributed by atoms with Crippen molar-refractivity contribution in [3.8, 4) is 0 Å². The molecule has 2 rings (SSSR count). The normalized spacial score (nSPS) is 32.7. The third-order valence-electron chi connectivity index (χ3n) is 4.91. The zero-order valence-corrected chi connectivity index (χ0v) is 16.7. The predicted molar refractivity (Wildman–Crippen MR) is 102 cm³/mol. The van der Waals surface area contributed by atoms with Gasteiger partial charge < -0.3 is 20.1 Å². The van der Waals surface area contributed by atoms with Crippen molar-refractivity contribution >= 4 is 29.1 Å². The van der Waals surface area contributed by atoms with Crippen LogP contribution in [0.2, 0.25) is 0 Å². The molecule has 0 amide bonds. The van der Waals surface area contributed by atoms with Gasteiger partial charge in [0, 0.05) is 9.81 Å². The number of Topliss-reactive ketones (excluding diaryl/α,β-unsaturated/α-hetero) is 3. The van der Waals surface area contributed by atoms with Gasteiger partial charge in [0.15, 0.2) is 28.6 Å². The van der Waals surface area contributed by atoms with E-state index in [1.54, 1.807) is 30.3 Å². The van der Waals surface area contributed by atoms with Gasteiger partial charge in [-0.25, -0.2) is 0 Å². The highest BCUT2D eigenvalue weighted by Gasteiger charge is 2.71. The smallest absolute Gasteiger partial charge is 0.188 e. The number of ketones is 3. The zero-order chi connectivity index (χ0) is 22.0. The van der Waals surface area contributed by atoms with Crippen LogP contribution in [-0.4, -0.2) is 67.6 Å². The maximum atomic E-state index is 12.5. The maximum absolute atomic E-state index is 12.5. The minimum absolute atomic E-state index is 0.589. The van der Waals surface area contributed by atoms with Crippen LogP contribution in [0.4, 0.5) is 0 Å². The highest BCUT2D eigenvalue weighted by molar-refractivity contribution is 7.99. The van der Waals surface area contributed by atoms with Crippen LogP contribution in [0.25, 0.3) is 10.4 Å². The van der Waals surface area contributed by atoms with E-state index in [-0.39, 0.29) is 0 Å². The molecule has 1 aliphatic heterocycles. The number of carbonyl (C=O) groups excluding carboxylic acids is 3. The monoisotopic (exact) mass is 423 g/mol. The molecule has 1 heterocycles. The van der Waals surface area contributed by atoms with E-state index >= 15 is 0 Å². The van der Waals surface area contributed by atoms with Crippen molar-refractivity contribution in [2.75, 3.05) is 0 Å². The average Bonchev–Trinajstić information content (AvgIpc) is 2.67. The first kappa shape index (κ1) is 23.0. The molecule has 1 aromatic rings. The van der Waals surface area contributed by atoms with Gasteiger partial charge in [-0.15, -0.1) is 0 Å². The van der Waals surface area contributed by atoms with Gasteiger partial charge in [-0.2, -0.15) is 0 Å². The Balaban J connectivity index is 2.71. The molecular weight excluding hydrogens is 402 g/mol. The van der Waals surface area contributed by atoms with Gasteiger partial charge in [-0.05, 0) is 38.4 Å². The molecule has 156 valence electrons. The second kappa shape index (κ2) is 8.62. The van der Waals surface area contributed by atoms with Crippen molar-refractivity contribution in [2.24, 2.45) is 5.11 Å². The molecule has 1 unspecified atom stereocenters. The Morgan fingerprint density at radius 1 is 1.14 bits per heavy atom. The Hall–Kier alpha value is -2.27. The van der Waals surface area contributed by atoms with Gasteiger partial charge in [-0.3, -0.25) is 14.4 Å². The molecule has 1 aliphatic rings. The average molecular weight is 423 g/mol. The van der Waals surface area contributed by atoms with Crippen molar-refractivity contribution in [2.45, 2.75) is 60.6 Å². The molecule has 0 saturated carbocycles. The van der Waals surface area contributed by atoms with Crippen LogP contribution in [0.1, 0.15) is 20.8 Å². The van der Waals surface area contributed by atoms with Crippen LogP contribution in [0.3, 0.4) is 0 Å². The summed E-state index contributed by atoms with van der Waals surface area (Å²) in [6.07, 6.45) is -4.00. The van der Waals surface area contributed by atoms with E-state index in [0.717, 1.165) is 32.5 Å². The van der Waals surface area contributed by atoms with Gasteiger partial charge in [-0.1, -0.05) is 35.1 Å². The number of nitrogens with zero attached hydrogens (tertiary/aromatic N) is 3. The van der Waals surface area contributed by atoms with E-state index in [1.165, 1.54) is 0 Å². The van der Waals surface area contributed by atoms with E-state index in [2.05, 4.69) is 10.0 Å². The van der Waals surface area contributed by atoms with E-state index in [0.29, 0.717) is 4.90 Å². The van der Waals surface area contributed by atoms with Crippen LogP contribution in [-0.2, 0) is 19.1 Å². The first-order valence-electron chi connectivity index (χ1n) is 8.58. The summed E-state index contributed by atoms with van der Waals surface area (Å²) in [5, 5.41) is 36.2. The Kier molecular flexibility index (Phi) is 6.84. The number of aliphatic hydroxyl groups is 3. The van der Waals surface area contributed by atoms with Crippen molar-refractivity contribution in [1.29, 1.82) is 0 Å². The van der Waals surface area contributed by atoms with Gasteiger partial charge in [0.2, 0.25) is 0 Å². The fourth-order valence-electron chi connectivity index (χ4n) is 3.34. The first-order valence-corrected chi connectivity index (χ1v) is 9.46. The standard InChI is InChI=1S/C18H21N3O7S/c1-9(22)13(25)15-18(27,11(3)24)17(26,10(2)23)14(20-21-19)16(28-15)29-12-7-5-4-6-8-12/h4-8,13-16,25-27H,1-3H3/t13?,14-,15-,16+,17-,18+/m1/s1. The summed E-state index contributed by atoms with van der Waals surface area (Å²) >= 11 is 0.933. The maximum Gasteiger partial charge on any atom is 0.188 e. The van der Waals surface area contributed by atoms with Gasteiger partial charge in [0.05, 0.1) is 0 Å². The quantitative estimate of drug-likeness (QED) is 0.328. The number of benzene rings is 1. The highest BCUT2D eigenvalue weighted by Crippen LogP contribution is 2.46. The lowest BCUT2D eigenvalue weighted by atomic mass is 9.66. The number of rotatable bonds is 7. The number of aliphatic hydroxyl groups excluding tert-OH is 1. The molecule has 0 bridgehead atoms. The van der Waals surface area contributed by atoms with E-state index in [9.17, 15) is 29.7 Å². The minimum atomic E-state index is -3.03. The van der Waals surface area contributed by atoms with E-state index in [1.807, 2.05) is 0 Å². The van der Waals surface area contributed by atoms with Gasteiger partial charge in [0.25, 0.3) is 0 Å². The van der Waals surface area contributed by atoms with Gasteiger partial charge in [0.1, 0.15) is 23.7 Å². The molecule has 6 atom stereocenters. The lowest BCUT2D eigenvalue weighted by Gasteiger charge is -2.54. The largest absolute Gasteiger partial charge is 0.382 e. The molecule has 29 heavy (non-hydrogen) atoms. The summed E-state index contributed by atoms with van der Waals surface area (Å²) in [4.78, 5) is 39.9. The molecule has 0 aromatic heterocycles. The molecular formula is C18H21N3O7S. The van der Waals surface area contributed by atoms with Crippen LogP contribution in [0.5, 0.6) is 0 Å².